The first-order valence-electron chi connectivity index (χ1n) is 5.50. The van der Waals surface area contributed by atoms with Crippen LogP contribution in [0, 0.1) is 6.92 Å². The fraction of sp³-hybridized carbons (Fsp3) is 0.308. The average Bonchev–Trinajstić information content (AvgIpc) is 2.27. The monoisotopic (exact) mass is 274 g/mol. The van der Waals surface area contributed by atoms with Crippen LogP contribution in [0.2, 0.25) is 0 Å². The Hall–Kier alpha value is -1.98. The molecule has 0 aromatic heterocycles. The van der Waals surface area contributed by atoms with E-state index >= 15 is 0 Å². The van der Waals surface area contributed by atoms with Gasteiger partial charge in [-0.05, 0) is 18.6 Å². The van der Waals surface area contributed by atoms with Crippen LogP contribution >= 0.6 is 0 Å². The number of hydrogen-bond acceptors (Lipinski definition) is 2. The van der Waals surface area contributed by atoms with Crippen molar-refractivity contribution in [1.82, 2.24) is 0 Å². The minimum atomic E-state index is -4.28. The molecule has 0 bridgehead atoms. The zero-order chi connectivity index (χ0) is 14.5. The molecular weight excluding hydrogens is 261 g/mol. The van der Waals surface area contributed by atoms with E-state index in [0.717, 1.165) is 6.08 Å². The Kier molecular flexibility index (Phi) is 4.97. The van der Waals surface area contributed by atoms with Crippen molar-refractivity contribution in [2.75, 3.05) is 6.61 Å². The van der Waals surface area contributed by atoms with E-state index in [4.69, 9.17) is 9.84 Å². The first-order valence-corrected chi connectivity index (χ1v) is 5.50. The summed E-state index contributed by atoms with van der Waals surface area (Å²) in [6.45, 7) is 1.18. The second-order valence-corrected chi connectivity index (χ2v) is 3.88. The molecule has 0 aliphatic carbocycles. The molecule has 0 aliphatic heterocycles. The number of aliphatic carboxylic acids is 1. The van der Waals surface area contributed by atoms with Crippen molar-refractivity contribution in [3.63, 3.8) is 0 Å². The van der Waals surface area contributed by atoms with E-state index < -0.39 is 25.2 Å². The molecule has 0 atom stereocenters. The highest BCUT2D eigenvalue weighted by Crippen LogP contribution is 2.26. The number of benzene rings is 1. The third-order valence-corrected chi connectivity index (χ3v) is 2.28. The van der Waals surface area contributed by atoms with E-state index in [1.807, 2.05) is 0 Å². The minimum Gasteiger partial charge on any atom is -0.492 e. The van der Waals surface area contributed by atoms with Gasteiger partial charge in [0.2, 0.25) is 0 Å². The van der Waals surface area contributed by atoms with E-state index in [2.05, 4.69) is 0 Å². The molecule has 0 spiro atoms. The summed E-state index contributed by atoms with van der Waals surface area (Å²) in [5, 5.41) is 8.54. The molecule has 0 unspecified atom stereocenters. The molecule has 0 amide bonds. The van der Waals surface area contributed by atoms with Crippen LogP contribution in [-0.4, -0.2) is 23.9 Å². The molecule has 0 fully saturated rings. The first-order chi connectivity index (χ1) is 8.79. The van der Waals surface area contributed by atoms with Gasteiger partial charge in [-0.2, -0.15) is 13.2 Å². The Morgan fingerprint density at radius 3 is 2.68 bits per heavy atom. The summed E-state index contributed by atoms with van der Waals surface area (Å²) in [6.07, 6.45) is -3.13. The Balaban J connectivity index is 2.83. The molecular formula is C13H13F3O3. The molecule has 19 heavy (non-hydrogen) atoms. The third-order valence-electron chi connectivity index (χ3n) is 2.28. The number of carboxylic acid groups (broad SMARTS) is 1. The zero-order valence-electron chi connectivity index (χ0n) is 10.2. The van der Waals surface area contributed by atoms with E-state index in [9.17, 15) is 18.0 Å². The summed E-state index contributed by atoms with van der Waals surface area (Å²) < 4.78 is 41.2. The number of hydrogen-bond donors (Lipinski definition) is 1. The van der Waals surface area contributed by atoms with Crippen molar-refractivity contribution >= 4 is 12.0 Å². The second-order valence-electron chi connectivity index (χ2n) is 3.88. The fourth-order valence-corrected chi connectivity index (χ4v) is 1.43. The summed E-state index contributed by atoms with van der Waals surface area (Å²) in [5.74, 6) is -0.869. The third kappa shape index (κ3) is 5.46. The van der Waals surface area contributed by atoms with Crippen molar-refractivity contribution in [3.8, 4) is 5.75 Å². The molecule has 0 saturated carbocycles. The summed E-state index contributed by atoms with van der Waals surface area (Å²) in [4.78, 5) is 10.4. The van der Waals surface area contributed by atoms with E-state index in [0.29, 0.717) is 11.1 Å². The number of carbonyl (C=O) groups is 1. The Morgan fingerprint density at radius 2 is 2.11 bits per heavy atom. The molecule has 1 N–H and O–H groups in total. The predicted octanol–water partition coefficient (Wildman–Crippen LogP) is 3.42. The predicted molar refractivity (Wildman–Crippen MR) is 64.0 cm³/mol. The van der Waals surface area contributed by atoms with Crippen LogP contribution in [0.15, 0.2) is 24.3 Å². The molecule has 1 rings (SSSR count). The van der Waals surface area contributed by atoms with Gasteiger partial charge in [0.05, 0.1) is 13.0 Å². The van der Waals surface area contributed by atoms with Crippen LogP contribution in [0.5, 0.6) is 5.75 Å². The lowest BCUT2D eigenvalue weighted by atomic mass is 10.1. The van der Waals surface area contributed by atoms with Crippen molar-refractivity contribution in [3.05, 3.63) is 35.4 Å². The number of alkyl halides is 3. The molecule has 0 heterocycles. The Labute approximate surface area is 108 Å². The van der Waals surface area contributed by atoms with E-state index in [-0.39, 0.29) is 5.75 Å². The van der Waals surface area contributed by atoms with Gasteiger partial charge in [-0.15, -0.1) is 0 Å². The first kappa shape index (κ1) is 15.1. The van der Waals surface area contributed by atoms with Gasteiger partial charge in [0.15, 0.2) is 0 Å². The maximum atomic E-state index is 12.0. The molecule has 0 aliphatic rings. The number of rotatable bonds is 5. The van der Waals surface area contributed by atoms with Gasteiger partial charge < -0.3 is 9.84 Å². The topological polar surface area (TPSA) is 46.5 Å². The van der Waals surface area contributed by atoms with Gasteiger partial charge in [0.1, 0.15) is 5.75 Å². The zero-order valence-corrected chi connectivity index (χ0v) is 10.2. The van der Waals surface area contributed by atoms with Crippen molar-refractivity contribution in [1.29, 1.82) is 0 Å². The van der Waals surface area contributed by atoms with Crippen molar-refractivity contribution in [2.24, 2.45) is 0 Å². The molecule has 1 aromatic rings. The van der Waals surface area contributed by atoms with Crippen molar-refractivity contribution < 1.29 is 27.8 Å². The molecule has 6 heteroatoms. The van der Waals surface area contributed by atoms with Crippen LogP contribution in [0.1, 0.15) is 17.5 Å². The van der Waals surface area contributed by atoms with Crippen LogP contribution in [0.3, 0.4) is 0 Å². The number of para-hydroxylation sites is 1. The van der Waals surface area contributed by atoms with Gasteiger partial charge in [-0.3, -0.25) is 0 Å². The normalized spacial score (nSPS) is 11.8. The number of halogens is 3. The Bertz CT molecular complexity index is 479. The molecule has 0 saturated heterocycles. The van der Waals surface area contributed by atoms with Crippen LogP contribution < -0.4 is 4.74 Å². The highest BCUT2D eigenvalue weighted by atomic mass is 19.4. The molecule has 104 valence electrons. The summed E-state index contributed by atoms with van der Waals surface area (Å²) in [6, 6.07) is 4.93. The van der Waals surface area contributed by atoms with Crippen LogP contribution in [-0.2, 0) is 4.79 Å². The average molecular weight is 274 g/mol. The number of ether oxygens (including phenoxy) is 1. The van der Waals surface area contributed by atoms with Crippen LogP contribution in [0.25, 0.3) is 6.08 Å². The SMILES string of the molecule is Cc1cccc(/C=C/C(=O)O)c1OCCC(F)(F)F. The lowest BCUT2D eigenvalue weighted by Gasteiger charge is -2.13. The molecule has 3 nitrogen and oxygen atoms in total. The summed E-state index contributed by atoms with van der Waals surface area (Å²) in [7, 11) is 0. The maximum absolute atomic E-state index is 12.0. The van der Waals surface area contributed by atoms with Gasteiger partial charge >= 0.3 is 12.1 Å². The molecule has 1 aromatic carbocycles. The highest BCUT2D eigenvalue weighted by Gasteiger charge is 2.27. The standard InChI is InChI=1S/C13H13F3O3/c1-9-3-2-4-10(5-6-11(17)18)12(9)19-8-7-13(14,15)16/h2-6H,7-8H2,1H3,(H,17,18)/b6-5+. The maximum Gasteiger partial charge on any atom is 0.392 e. The second kappa shape index (κ2) is 6.26. The van der Waals surface area contributed by atoms with Gasteiger partial charge in [-0.25, -0.2) is 4.79 Å². The minimum absolute atomic E-state index is 0.268. The smallest absolute Gasteiger partial charge is 0.392 e. The van der Waals surface area contributed by atoms with Gasteiger partial charge in [0.25, 0.3) is 0 Å². The molecule has 0 radical (unpaired) electrons. The fourth-order valence-electron chi connectivity index (χ4n) is 1.43. The summed E-state index contributed by atoms with van der Waals surface area (Å²) in [5.41, 5.74) is 1.08. The van der Waals surface area contributed by atoms with Gasteiger partial charge in [-0.1, -0.05) is 18.2 Å². The quantitative estimate of drug-likeness (QED) is 0.837. The Morgan fingerprint density at radius 1 is 1.42 bits per heavy atom. The lowest BCUT2D eigenvalue weighted by Crippen LogP contribution is -2.13. The van der Waals surface area contributed by atoms with Gasteiger partial charge in [0, 0.05) is 11.6 Å². The van der Waals surface area contributed by atoms with E-state index in [1.54, 1.807) is 25.1 Å². The largest absolute Gasteiger partial charge is 0.492 e. The van der Waals surface area contributed by atoms with Crippen molar-refractivity contribution in [2.45, 2.75) is 19.5 Å². The highest BCUT2D eigenvalue weighted by molar-refractivity contribution is 5.86. The lowest BCUT2D eigenvalue weighted by molar-refractivity contribution is -0.139. The number of carboxylic acids is 1. The van der Waals surface area contributed by atoms with E-state index in [1.165, 1.54) is 6.08 Å². The summed E-state index contributed by atoms with van der Waals surface area (Å²) >= 11 is 0. The number of aryl methyl sites for hydroxylation is 1. The van der Waals surface area contributed by atoms with Crippen LogP contribution in [0.4, 0.5) is 13.2 Å².